The largest absolute Gasteiger partial charge is 0.480 e. The molecule has 2 aliphatic rings. The second-order valence-corrected chi connectivity index (χ2v) is 10.5. The Morgan fingerprint density at radius 2 is 1.93 bits per heavy atom. The van der Waals surface area contributed by atoms with Crippen LogP contribution in [0.15, 0.2) is 29.3 Å². The molecule has 1 aromatic rings. The number of carboxylic acid groups (broad SMARTS) is 1. The molecule has 3 rings (SSSR count). The van der Waals surface area contributed by atoms with E-state index in [1.807, 2.05) is 24.3 Å². The first-order valence-electron chi connectivity index (χ1n) is 8.83. The van der Waals surface area contributed by atoms with Crippen LogP contribution in [0.25, 0.3) is 0 Å². The van der Waals surface area contributed by atoms with E-state index in [4.69, 9.17) is 9.84 Å². The van der Waals surface area contributed by atoms with Gasteiger partial charge in [0.05, 0.1) is 17.5 Å². The Kier molecular flexibility index (Phi) is 6.11. The Hall–Kier alpha value is -1.91. The van der Waals surface area contributed by atoms with E-state index in [-0.39, 0.29) is 22.8 Å². The van der Waals surface area contributed by atoms with Crippen LogP contribution in [0.4, 0.5) is 5.69 Å². The zero-order valence-corrected chi connectivity index (χ0v) is 17.2. The predicted octanol–water partition coefficient (Wildman–Crippen LogP) is 1.51. The van der Waals surface area contributed by atoms with Crippen LogP contribution in [0.2, 0.25) is 0 Å². The average Bonchev–Trinajstić information content (AvgIpc) is 3.05. The summed E-state index contributed by atoms with van der Waals surface area (Å²) in [6, 6.07) is 7.49. The Labute approximate surface area is 167 Å². The van der Waals surface area contributed by atoms with E-state index in [9.17, 15) is 18.0 Å². The van der Waals surface area contributed by atoms with Gasteiger partial charge in [0.2, 0.25) is 0 Å². The van der Waals surface area contributed by atoms with Gasteiger partial charge in [-0.15, -0.1) is 0 Å². The number of anilines is 1. The minimum absolute atomic E-state index is 0.0132. The predicted molar refractivity (Wildman–Crippen MR) is 108 cm³/mol. The summed E-state index contributed by atoms with van der Waals surface area (Å²) in [6.45, 7) is 3.16. The van der Waals surface area contributed by atoms with Crippen molar-refractivity contribution < 1.29 is 27.9 Å². The van der Waals surface area contributed by atoms with Crippen LogP contribution in [0.3, 0.4) is 0 Å². The first kappa shape index (κ1) is 20.8. The monoisotopic (exact) mass is 426 g/mol. The number of thioether (sulfide) groups is 1. The Bertz CT molecular complexity index is 895. The molecule has 1 amide bonds. The lowest BCUT2D eigenvalue weighted by atomic mass is 10.0. The standard InChI is InChI=1S/C18H22N2O6S2/c1-11(2)12-3-5-13(6-4-12)20-14-9-28(24,25)10-15(14)27-18(20)19-16(21)7-26-8-17(22)23/h3-6,11,14-15H,7-10H2,1-2H3,(H,22,23)/t14-,15+/m0/s1. The SMILES string of the molecule is CC(C)c1ccc(N2C(=NC(=O)COCC(=O)O)S[C@@H]3CS(=O)(=O)C[C@@H]32)cc1. The van der Waals surface area contributed by atoms with Gasteiger partial charge >= 0.3 is 5.97 Å². The van der Waals surface area contributed by atoms with Gasteiger partial charge in [-0.25, -0.2) is 13.2 Å². The molecule has 152 valence electrons. The minimum Gasteiger partial charge on any atom is -0.480 e. The van der Waals surface area contributed by atoms with E-state index in [0.717, 1.165) is 11.3 Å². The van der Waals surface area contributed by atoms with Gasteiger partial charge < -0.3 is 14.7 Å². The number of sulfone groups is 1. The van der Waals surface area contributed by atoms with Gasteiger partial charge in [0.25, 0.3) is 5.91 Å². The van der Waals surface area contributed by atoms with E-state index in [0.29, 0.717) is 11.1 Å². The molecule has 1 aromatic carbocycles. The summed E-state index contributed by atoms with van der Waals surface area (Å²) >= 11 is 1.27. The number of amides is 1. The van der Waals surface area contributed by atoms with Crippen LogP contribution < -0.4 is 4.90 Å². The van der Waals surface area contributed by atoms with E-state index in [1.54, 1.807) is 4.90 Å². The summed E-state index contributed by atoms with van der Waals surface area (Å²) in [6.07, 6.45) is 0. The lowest BCUT2D eigenvalue weighted by Gasteiger charge is -2.25. The van der Waals surface area contributed by atoms with Crippen LogP contribution in [-0.4, -0.2) is 66.6 Å². The molecule has 1 N–H and O–H groups in total. The fourth-order valence-corrected chi connectivity index (χ4v) is 7.18. The molecule has 0 unspecified atom stereocenters. The maximum absolute atomic E-state index is 12.1. The molecule has 0 saturated carbocycles. The second kappa shape index (κ2) is 8.22. The maximum Gasteiger partial charge on any atom is 0.329 e. The van der Waals surface area contributed by atoms with Crippen molar-refractivity contribution in [2.24, 2.45) is 4.99 Å². The topological polar surface area (TPSA) is 113 Å². The fourth-order valence-electron chi connectivity index (χ4n) is 3.25. The number of hydrogen-bond acceptors (Lipinski definition) is 6. The van der Waals surface area contributed by atoms with Crippen molar-refractivity contribution in [1.29, 1.82) is 0 Å². The number of rotatable bonds is 6. The third-order valence-electron chi connectivity index (χ3n) is 4.58. The van der Waals surface area contributed by atoms with E-state index in [2.05, 4.69) is 18.8 Å². The molecule has 0 spiro atoms. The molecule has 2 fully saturated rings. The lowest BCUT2D eigenvalue weighted by Crippen LogP contribution is -2.37. The van der Waals surface area contributed by atoms with Crippen LogP contribution in [0.5, 0.6) is 0 Å². The van der Waals surface area contributed by atoms with Gasteiger partial charge in [-0.05, 0) is 23.6 Å². The summed E-state index contributed by atoms with van der Waals surface area (Å²) in [5.74, 6) is -1.34. The Morgan fingerprint density at radius 3 is 2.54 bits per heavy atom. The van der Waals surface area contributed by atoms with Crippen molar-refractivity contribution in [2.75, 3.05) is 29.6 Å². The molecule has 0 aromatic heterocycles. The Balaban J connectivity index is 1.85. The van der Waals surface area contributed by atoms with Gasteiger partial charge in [0.1, 0.15) is 13.2 Å². The smallest absolute Gasteiger partial charge is 0.329 e. The number of aliphatic imine (C=N–C) groups is 1. The summed E-state index contributed by atoms with van der Waals surface area (Å²) < 4.78 is 28.9. The molecule has 0 aliphatic carbocycles. The molecule has 0 radical (unpaired) electrons. The first-order chi connectivity index (χ1) is 13.2. The van der Waals surface area contributed by atoms with Gasteiger partial charge in [-0.2, -0.15) is 4.99 Å². The van der Waals surface area contributed by atoms with Gasteiger partial charge in [0.15, 0.2) is 15.0 Å². The van der Waals surface area contributed by atoms with E-state index < -0.39 is 34.9 Å². The maximum atomic E-state index is 12.1. The number of ether oxygens (including phenoxy) is 1. The number of benzene rings is 1. The number of carbonyl (C=O) groups excluding carboxylic acids is 1. The highest BCUT2D eigenvalue weighted by Gasteiger charge is 2.49. The third kappa shape index (κ3) is 4.73. The minimum atomic E-state index is -3.14. The summed E-state index contributed by atoms with van der Waals surface area (Å²) in [4.78, 5) is 28.5. The highest BCUT2D eigenvalue weighted by molar-refractivity contribution is 8.16. The number of amidine groups is 1. The van der Waals surface area contributed by atoms with E-state index in [1.165, 1.54) is 11.8 Å². The Morgan fingerprint density at radius 1 is 1.25 bits per heavy atom. The molecule has 28 heavy (non-hydrogen) atoms. The summed E-state index contributed by atoms with van der Waals surface area (Å²) in [7, 11) is -3.14. The molecular formula is C18H22N2O6S2. The van der Waals surface area contributed by atoms with Gasteiger partial charge in [-0.3, -0.25) is 4.79 Å². The fraction of sp³-hybridized carbons (Fsp3) is 0.500. The van der Waals surface area contributed by atoms with Crippen LogP contribution in [0, 0.1) is 0 Å². The van der Waals surface area contributed by atoms with Crippen LogP contribution in [-0.2, 0) is 24.2 Å². The molecule has 8 nitrogen and oxygen atoms in total. The molecule has 2 atom stereocenters. The van der Waals surface area contributed by atoms with Crippen molar-refractivity contribution in [3.05, 3.63) is 29.8 Å². The zero-order valence-electron chi connectivity index (χ0n) is 15.6. The van der Waals surface area contributed by atoms with Crippen LogP contribution >= 0.6 is 11.8 Å². The van der Waals surface area contributed by atoms with Crippen molar-refractivity contribution in [3.8, 4) is 0 Å². The number of carbonyl (C=O) groups is 2. The van der Waals surface area contributed by atoms with Crippen molar-refractivity contribution in [3.63, 3.8) is 0 Å². The van der Waals surface area contributed by atoms with Crippen molar-refractivity contribution in [1.82, 2.24) is 0 Å². The molecule has 10 heteroatoms. The quantitative estimate of drug-likeness (QED) is 0.728. The van der Waals surface area contributed by atoms with Gasteiger partial charge in [-0.1, -0.05) is 37.7 Å². The number of aliphatic carboxylic acids is 1. The average molecular weight is 427 g/mol. The molecule has 2 aliphatic heterocycles. The number of hydrogen-bond donors (Lipinski definition) is 1. The van der Waals surface area contributed by atoms with E-state index >= 15 is 0 Å². The highest BCUT2D eigenvalue weighted by Crippen LogP contribution is 2.41. The number of carboxylic acids is 1. The molecule has 2 saturated heterocycles. The normalized spacial score (nSPS) is 24.7. The molecular weight excluding hydrogens is 404 g/mol. The number of fused-ring (bicyclic) bond motifs is 1. The highest BCUT2D eigenvalue weighted by atomic mass is 32.2. The first-order valence-corrected chi connectivity index (χ1v) is 11.5. The third-order valence-corrected chi connectivity index (χ3v) is 7.79. The molecule has 0 bridgehead atoms. The van der Waals surface area contributed by atoms with Crippen molar-refractivity contribution >= 4 is 44.3 Å². The summed E-state index contributed by atoms with van der Waals surface area (Å²) in [5, 5.41) is 8.81. The lowest BCUT2D eigenvalue weighted by molar-refractivity contribution is -0.143. The molecule has 2 heterocycles. The van der Waals surface area contributed by atoms with Crippen LogP contribution in [0.1, 0.15) is 25.3 Å². The summed E-state index contributed by atoms with van der Waals surface area (Å²) in [5.41, 5.74) is 1.93. The zero-order chi connectivity index (χ0) is 20.5. The van der Waals surface area contributed by atoms with Gasteiger partial charge in [0, 0.05) is 10.9 Å². The van der Waals surface area contributed by atoms with Crippen molar-refractivity contribution in [2.45, 2.75) is 31.1 Å². The second-order valence-electron chi connectivity index (χ2n) is 7.09. The number of nitrogens with zero attached hydrogens (tertiary/aromatic N) is 2.